The summed E-state index contributed by atoms with van der Waals surface area (Å²) in [5.74, 6) is 1.73. The first kappa shape index (κ1) is 20.1. The Morgan fingerprint density at radius 2 is 1.63 bits per heavy atom. The van der Waals surface area contributed by atoms with Gasteiger partial charge in [0.15, 0.2) is 11.5 Å². The van der Waals surface area contributed by atoms with Gasteiger partial charge >= 0.3 is 0 Å². The molecule has 1 fully saturated rings. The third kappa shape index (κ3) is 3.57. The van der Waals surface area contributed by atoms with Crippen LogP contribution in [0.4, 0.5) is 5.69 Å². The smallest absolute Gasteiger partial charge is 0.271 e. The summed E-state index contributed by atoms with van der Waals surface area (Å²) in [5, 5.41) is 0.610. The molecule has 1 aliphatic rings. The number of anilines is 1. The molecule has 30 heavy (non-hydrogen) atoms. The Morgan fingerprint density at radius 3 is 2.30 bits per heavy atom. The van der Waals surface area contributed by atoms with Crippen LogP contribution in [0, 0.1) is 6.92 Å². The number of carbonyl (C=O) groups excluding carboxylic acids is 1. The third-order valence-electron chi connectivity index (χ3n) is 5.23. The number of nitrogens with zero attached hydrogens (tertiary/aromatic N) is 1. The zero-order valence-electron chi connectivity index (χ0n) is 17.0. The highest BCUT2D eigenvalue weighted by Crippen LogP contribution is 2.44. The Morgan fingerprint density at radius 1 is 0.900 bits per heavy atom. The van der Waals surface area contributed by atoms with Gasteiger partial charge in [-0.3, -0.25) is 9.69 Å². The number of aryl methyl sites for hydroxylation is 1. The molecule has 3 aromatic carbocycles. The Labute approximate surface area is 180 Å². The van der Waals surface area contributed by atoms with E-state index in [9.17, 15) is 4.79 Å². The number of carbonyl (C=O) groups is 1. The summed E-state index contributed by atoms with van der Waals surface area (Å²) in [6.07, 6.45) is -0.662. The van der Waals surface area contributed by atoms with Crippen LogP contribution in [0.15, 0.2) is 66.7 Å². The van der Waals surface area contributed by atoms with Crippen molar-refractivity contribution in [1.29, 1.82) is 0 Å². The number of benzene rings is 3. The molecule has 0 bridgehead atoms. The minimum Gasteiger partial charge on any atom is -0.493 e. The van der Waals surface area contributed by atoms with Crippen molar-refractivity contribution in [3.05, 3.63) is 82.9 Å². The van der Waals surface area contributed by atoms with Gasteiger partial charge in [0, 0.05) is 10.7 Å². The van der Waals surface area contributed by atoms with E-state index in [1.54, 1.807) is 25.2 Å². The van der Waals surface area contributed by atoms with Crippen LogP contribution >= 0.6 is 11.6 Å². The minimum atomic E-state index is -0.662. The maximum absolute atomic E-state index is 13.1. The van der Waals surface area contributed by atoms with Gasteiger partial charge in [-0.25, -0.2) is 0 Å². The monoisotopic (exact) mass is 423 g/mol. The van der Waals surface area contributed by atoms with Crippen LogP contribution in [0.2, 0.25) is 5.02 Å². The molecule has 0 aliphatic carbocycles. The van der Waals surface area contributed by atoms with E-state index in [1.807, 2.05) is 67.6 Å². The minimum absolute atomic E-state index is 0.126. The maximum Gasteiger partial charge on any atom is 0.271 e. The molecular formula is C24H22ClNO4. The normalized spacial score (nSPS) is 18.0. The van der Waals surface area contributed by atoms with Gasteiger partial charge in [-0.15, -0.1) is 0 Å². The lowest BCUT2D eigenvalue weighted by Gasteiger charge is -2.46. The molecule has 1 heterocycles. The van der Waals surface area contributed by atoms with E-state index in [-0.39, 0.29) is 11.9 Å². The zero-order valence-corrected chi connectivity index (χ0v) is 17.7. The molecule has 4 rings (SSSR count). The van der Waals surface area contributed by atoms with Crippen molar-refractivity contribution in [3.63, 3.8) is 0 Å². The summed E-state index contributed by atoms with van der Waals surface area (Å²) in [4.78, 5) is 14.8. The number of halogens is 1. The molecule has 0 aromatic heterocycles. The molecule has 154 valence electrons. The highest BCUT2D eigenvalue weighted by Gasteiger charge is 2.51. The molecule has 0 unspecified atom stereocenters. The molecule has 0 radical (unpaired) electrons. The maximum atomic E-state index is 13.1. The number of β-lactam (4-membered cyclic amide) rings is 1. The molecule has 1 aliphatic heterocycles. The van der Waals surface area contributed by atoms with Gasteiger partial charge in [-0.1, -0.05) is 41.9 Å². The van der Waals surface area contributed by atoms with E-state index in [2.05, 4.69) is 0 Å². The second-order valence-electron chi connectivity index (χ2n) is 7.05. The van der Waals surface area contributed by atoms with Crippen LogP contribution in [-0.2, 0) is 4.79 Å². The molecule has 6 heteroatoms. The fourth-order valence-corrected chi connectivity index (χ4v) is 3.78. The molecule has 5 nitrogen and oxygen atoms in total. The second-order valence-corrected chi connectivity index (χ2v) is 7.46. The lowest BCUT2D eigenvalue weighted by Crippen LogP contribution is -2.61. The van der Waals surface area contributed by atoms with Gasteiger partial charge in [-0.05, 0) is 54.4 Å². The largest absolute Gasteiger partial charge is 0.493 e. The highest BCUT2D eigenvalue weighted by molar-refractivity contribution is 6.31. The standard InChI is InChI=1S/C24H22ClNO4/c1-15-9-11-17(14-19(15)25)26-22(16-10-12-20(28-2)21(13-16)29-3)23(24(26)27)30-18-7-5-4-6-8-18/h4-14,22-23H,1-3H3/t22-,23+/m0/s1. The molecular weight excluding hydrogens is 402 g/mol. The molecule has 0 saturated carbocycles. The Hall–Kier alpha value is -3.18. The predicted molar refractivity (Wildman–Crippen MR) is 117 cm³/mol. The van der Waals surface area contributed by atoms with Crippen molar-refractivity contribution >= 4 is 23.2 Å². The summed E-state index contributed by atoms with van der Waals surface area (Å²) < 4.78 is 16.9. The summed E-state index contributed by atoms with van der Waals surface area (Å²) in [6.45, 7) is 1.93. The summed E-state index contributed by atoms with van der Waals surface area (Å²) >= 11 is 6.33. The van der Waals surface area contributed by atoms with Gasteiger partial charge in [0.2, 0.25) is 6.10 Å². The number of ether oxygens (including phenoxy) is 3. The van der Waals surface area contributed by atoms with Gasteiger partial charge in [0.25, 0.3) is 5.91 Å². The van der Waals surface area contributed by atoms with Crippen molar-refractivity contribution in [2.75, 3.05) is 19.1 Å². The van der Waals surface area contributed by atoms with Gasteiger partial charge in [0.1, 0.15) is 11.8 Å². The van der Waals surface area contributed by atoms with Crippen molar-refractivity contribution in [2.24, 2.45) is 0 Å². The molecule has 0 spiro atoms. The summed E-state index contributed by atoms with van der Waals surface area (Å²) in [6, 6.07) is 20.2. The van der Waals surface area contributed by atoms with Gasteiger partial charge < -0.3 is 14.2 Å². The van der Waals surface area contributed by atoms with Crippen LogP contribution in [0.3, 0.4) is 0 Å². The van der Waals surface area contributed by atoms with E-state index >= 15 is 0 Å². The number of hydrogen-bond acceptors (Lipinski definition) is 4. The van der Waals surface area contributed by atoms with E-state index in [4.69, 9.17) is 25.8 Å². The SMILES string of the molecule is COc1ccc([C@H]2[C@@H](Oc3ccccc3)C(=O)N2c2ccc(C)c(Cl)c2)cc1OC. The number of para-hydroxylation sites is 1. The van der Waals surface area contributed by atoms with Crippen LogP contribution in [0.1, 0.15) is 17.2 Å². The lowest BCUT2D eigenvalue weighted by atomic mass is 9.89. The summed E-state index contributed by atoms with van der Waals surface area (Å²) in [5.41, 5.74) is 2.56. The fourth-order valence-electron chi connectivity index (χ4n) is 3.60. The number of rotatable bonds is 6. The van der Waals surface area contributed by atoms with Crippen molar-refractivity contribution in [2.45, 2.75) is 19.1 Å². The van der Waals surface area contributed by atoms with Crippen LogP contribution < -0.4 is 19.1 Å². The van der Waals surface area contributed by atoms with Crippen LogP contribution in [-0.4, -0.2) is 26.2 Å². The van der Waals surface area contributed by atoms with Crippen molar-refractivity contribution in [1.82, 2.24) is 0 Å². The second kappa shape index (κ2) is 8.28. The Balaban J connectivity index is 1.74. The summed E-state index contributed by atoms with van der Waals surface area (Å²) in [7, 11) is 3.18. The molecule has 1 saturated heterocycles. The first-order valence-electron chi connectivity index (χ1n) is 9.56. The van der Waals surface area contributed by atoms with Crippen LogP contribution in [0.25, 0.3) is 0 Å². The quantitative estimate of drug-likeness (QED) is 0.511. The third-order valence-corrected chi connectivity index (χ3v) is 5.64. The van der Waals surface area contributed by atoms with Crippen molar-refractivity contribution < 1.29 is 19.0 Å². The van der Waals surface area contributed by atoms with E-state index in [1.165, 1.54) is 0 Å². The first-order chi connectivity index (χ1) is 14.5. The van der Waals surface area contributed by atoms with E-state index < -0.39 is 6.10 Å². The highest BCUT2D eigenvalue weighted by atomic mass is 35.5. The lowest BCUT2D eigenvalue weighted by molar-refractivity contribution is -0.135. The zero-order chi connectivity index (χ0) is 21.3. The average Bonchev–Trinajstić information content (AvgIpc) is 2.78. The topological polar surface area (TPSA) is 48.0 Å². The number of methoxy groups -OCH3 is 2. The predicted octanol–water partition coefficient (Wildman–Crippen LogP) is 5.20. The molecule has 0 N–H and O–H groups in total. The van der Waals surface area contributed by atoms with Crippen molar-refractivity contribution in [3.8, 4) is 17.2 Å². The Kier molecular flexibility index (Phi) is 5.55. The van der Waals surface area contributed by atoms with Gasteiger partial charge in [0.05, 0.1) is 14.2 Å². The molecule has 3 aromatic rings. The van der Waals surface area contributed by atoms with Crippen LogP contribution in [0.5, 0.6) is 17.2 Å². The number of amides is 1. The van der Waals surface area contributed by atoms with Gasteiger partial charge in [-0.2, -0.15) is 0 Å². The first-order valence-corrected chi connectivity index (χ1v) is 9.94. The van der Waals surface area contributed by atoms with E-state index in [0.717, 1.165) is 16.8 Å². The molecule has 1 amide bonds. The average molecular weight is 424 g/mol. The fraction of sp³-hybridized carbons (Fsp3) is 0.208. The Bertz CT molecular complexity index is 1070. The molecule has 2 atom stereocenters. The number of hydrogen-bond donors (Lipinski definition) is 0. The van der Waals surface area contributed by atoms with E-state index in [0.29, 0.717) is 22.3 Å².